The second-order valence-corrected chi connectivity index (χ2v) is 6.60. The summed E-state index contributed by atoms with van der Waals surface area (Å²) in [7, 11) is -0.379. The van der Waals surface area contributed by atoms with Gasteiger partial charge < -0.3 is 4.74 Å². The molecule has 2 rings (SSSR count). The fourth-order valence-electron chi connectivity index (χ4n) is 2.28. The highest BCUT2D eigenvalue weighted by Crippen LogP contribution is 2.44. The van der Waals surface area contributed by atoms with Gasteiger partial charge in [-0.2, -0.15) is 8.78 Å². The molecule has 1 aromatic carbocycles. The van der Waals surface area contributed by atoms with E-state index in [1.165, 1.54) is 14.0 Å². The molecule has 0 heterocycles. The second kappa shape index (κ2) is 5.64. The lowest BCUT2D eigenvalue weighted by Gasteiger charge is -2.31. The predicted octanol–water partition coefficient (Wildman–Crippen LogP) is 4.03. The van der Waals surface area contributed by atoms with E-state index in [1.807, 2.05) is 19.1 Å². The lowest BCUT2D eigenvalue weighted by molar-refractivity contribution is -0.0661. The number of methoxy groups -OCH3 is 1. The van der Waals surface area contributed by atoms with E-state index in [0.717, 1.165) is 5.56 Å². The molecule has 0 amide bonds. The van der Waals surface area contributed by atoms with Gasteiger partial charge in [0.2, 0.25) is 0 Å². The van der Waals surface area contributed by atoms with Gasteiger partial charge in [0.05, 0.1) is 22.8 Å². The number of hydrogen-bond acceptors (Lipinski definition) is 2. The van der Waals surface area contributed by atoms with Gasteiger partial charge in [0.25, 0.3) is 0 Å². The van der Waals surface area contributed by atoms with E-state index in [2.05, 4.69) is 0 Å². The molecule has 0 saturated carbocycles. The normalized spacial score (nSPS) is 23.6. The first-order valence-corrected chi connectivity index (χ1v) is 7.66. The summed E-state index contributed by atoms with van der Waals surface area (Å²) in [6, 6.07) is 7.07. The van der Waals surface area contributed by atoms with Crippen LogP contribution < -0.4 is 0 Å². The van der Waals surface area contributed by atoms with E-state index in [-0.39, 0.29) is 4.91 Å². The lowest BCUT2D eigenvalue weighted by atomic mass is 9.91. The van der Waals surface area contributed by atoms with Crippen molar-refractivity contribution in [2.24, 2.45) is 5.92 Å². The van der Waals surface area contributed by atoms with Crippen LogP contribution in [0.25, 0.3) is 0 Å². The topological polar surface area (TPSA) is 26.3 Å². The smallest absolute Gasteiger partial charge is 0.307 e. The summed E-state index contributed by atoms with van der Waals surface area (Å²) >= 11 is 0. The standard InChI is InChI=1S/C15H18F2O2S/c1-10-4-7-12(8-5-10)20(18)13-9-6-11(2)15(16,17)14(13)19-3/h4-5,7-8,11H,6,9H2,1-3H3/t11-,20-/m1/s1. The molecule has 110 valence electrons. The van der Waals surface area contributed by atoms with Crippen LogP contribution in [-0.4, -0.2) is 17.2 Å². The summed E-state index contributed by atoms with van der Waals surface area (Å²) in [5, 5.41) is 0. The Balaban J connectivity index is 2.44. The van der Waals surface area contributed by atoms with Gasteiger partial charge in [-0.15, -0.1) is 0 Å². The number of allylic oxidation sites excluding steroid dienone is 2. The van der Waals surface area contributed by atoms with Crippen LogP contribution in [0, 0.1) is 12.8 Å². The Kier molecular flexibility index (Phi) is 4.28. The summed E-state index contributed by atoms with van der Waals surface area (Å²) in [4.78, 5) is 0.741. The van der Waals surface area contributed by atoms with Crippen LogP contribution in [0.1, 0.15) is 25.3 Å². The van der Waals surface area contributed by atoms with E-state index in [4.69, 9.17) is 4.74 Å². The predicted molar refractivity (Wildman–Crippen MR) is 75.0 cm³/mol. The van der Waals surface area contributed by atoms with Crippen molar-refractivity contribution in [2.75, 3.05) is 7.11 Å². The molecule has 5 heteroatoms. The van der Waals surface area contributed by atoms with E-state index >= 15 is 0 Å². The number of alkyl halides is 2. The van der Waals surface area contributed by atoms with Gasteiger partial charge in [-0.1, -0.05) is 24.6 Å². The van der Waals surface area contributed by atoms with E-state index in [1.54, 1.807) is 12.1 Å². The van der Waals surface area contributed by atoms with Crippen molar-refractivity contribution in [1.29, 1.82) is 0 Å². The first kappa shape index (κ1) is 15.2. The van der Waals surface area contributed by atoms with Crippen molar-refractivity contribution in [2.45, 2.75) is 37.5 Å². The fourth-order valence-corrected chi connectivity index (χ4v) is 3.64. The van der Waals surface area contributed by atoms with Crippen LogP contribution in [-0.2, 0) is 15.5 Å². The molecule has 0 aliphatic heterocycles. The highest BCUT2D eigenvalue weighted by Gasteiger charge is 2.47. The first-order valence-electron chi connectivity index (χ1n) is 6.51. The van der Waals surface area contributed by atoms with Crippen molar-refractivity contribution >= 4 is 10.8 Å². The first-order chi connectivity index (χ1) is 9.37. The van der Waals surface area contributed by atoms with Crippen LogP contribution in [0.4, 0.5) is 8.78 Å². The van der Waals surface area contributed by atoms with Crippen molar-refractivity contribution in [3.63, 3.8) is 0 Å². The van der Waals surface area contributed by atoms with Crippen molar-refractivity contribution in [3.05, 3.63) is 40.5 Å². The third-order valence-electron chi connectivity index (χ3n) is 3.64. The molecule has 0 bridgehead atoms. The minimum atomic E-state index is -3.05. The van der Waals surface area contributed by atoms with Gasteiger partial charge in [0, 0.05) is 10.8 Å². The second-order valence-electron chi connectivity index (χ2n) is 5.10. The summed E-state index contributed by atoms with van der Waals surface area (Å²) < 4.78 is 45.7. The zero-order valence-electron chi connectivity index (χ0n) is 11.8. The maximum atomic E-state index is 14.1. The lowest BCUT2D eigenvalue weighted by Crippen LogP contribution is -2.34. The molecule has 0 N–H and O–H groups in total. The highest BCUT2D eigenvalue weighted by atomic mass is 32.2. The maximum Gasteiger partial charge on any atom is 0.307 e. The van der Waals surface area contributed by atoms with Crippen LogP contribution in [0.3, 0.4) is 0 Å². The summed E-state index contributed by atoms with van der Waals surface area (Å²) in [5.41, 5.74) is 1.04. The van der Waals surface area contributed by atoms with Crippen LogP contribution in [0.15, 0.2) is 39.8 Å². The Bertz CT molecular complexity index is 549. The number of rotatable bonds is 3. The molecule has 0 saturated heterocycles. The zero-order valence-corrected chi connectivity index (χ0v) is 12.6. The molecule has 1 aliphatic rings. The number of aryl methyl sites for hydroxylation is 1. The quantitative estimate of drug-likeness (QED) is 0.842. The SMILES string of the molecule is COC1=C([S@](=O)c2ccc(C)cc2)CC[C@@H](C)C1(F)F. The zero-order chi connectivity index (χ0) is 14.9. The Morgan fingerprint density at radius 3 is 2.45 bits per heavy atom. The van der Waals surface area contributed by atoms with Crippen molar-refractivity contribution < 1.29 is 17.7 Å². The molecule has 0 aromatic heterocycles. The largest absolute Gasteiger partial charge is 0.494 e. The molecule has 0 unspecified atom stereocenters. The third-order valence-corrected chi connectivity index (χ3v) is 5.18. The van der Waals surface area contributed by atoms with Gasteiger partial charge in [0.15, 0.2) is 5.76 Å². The molecule has 1 aromatic rings. The van der Waals surface area contributed by atoms with Crippen LogP contribution >= 0.6 is 0 Å². The Morgan fingerprint density at radius 1 is 1.30 bits per heavy atom. The average molecular weight is 300 g/mol. The minimum Gasteiger partial charge on any atom is -0.494 e. The molecule has 20 heavy (non-hydrogen) atoms. The Hall–Kier alpha value is -1.23. The average Bonchev–Trinajstić information content (AvgIpc) is 2.41. The van der Waals surface area contributed by atoms with Crippen LogP contribution in [0.5, 0.6) is 0 Å². The monoisotopic (exact) mass is 300 g/mol. The number of ether oxygens (including phenoxy) is 1. The minimum absolute atomic E-state index is 0.208. The number of benzene rings is 1. The van der Waals surface area contributed by atoms with Gasteiger partial charge in [-0.3, -0.25) is 0 Å². The molecule has 0 spiro atoms. The summed E-state index contributed by atoms with van der Waals surface area (Å²) in [6.07, 6.45) is 0.688. The summed E-state index contributed by atoms with van der Waals surface area (Å²) in [5.74, 6) is -4.27. The molecule has 0 fully saturated rings. The molecule has 0 radical (unpaired) electrons. The van der Waals surface area contributed by atoms with Gasteiger partial charge in [-0.05, 0) is 31.9 Å². The van der Waals surface area contributed by atoms with Crippen molar-refractivity contribution in [1.82, 2.24) is 0 Å². The molecule has 2 atom stereocenters. The summed E-state index contributed by atoms with van der Waals surface area (Å²) in [6.45, 7) is 3.41. The van der Waals surface area contributed by atoms with E-state index in [0.29, 0.717) is 17.7 Å². The Morgan fingerprint density at radius 2 is 1.90 bits per heavy atom. The number of halogens is 2. The maximum absolute atomic E-state index is 14.1. The van der Waals surface area contributed by atoms with Gasteiger partial charge >= 0.3 is 5.92 Å². The fraction of sp³-hybridized carbons (Fsp3) is 0.467. The van der Waals surface area contributed by atoms with E-state index in [9.17, 15) is 13.0 Å². The highest BCUT2D eigenvalue weighted by molar-refractivity contribution is 7.89. The molecule has 2 nitrogen and oxygen atoms in total. The Labute approximate surface area is 120 Å². The van der Waals surface area contributed by atoms with Crippen LogP contribution in [0.2, 0.25) is 0 Å². The third kappa shape index (κ3) is 2.64. The molecular formula is C15H18F2O2S. The van der Waals surface area contributed by atoms with Crippen molar-refractivity contribution in [3.8, 4) is 0 Å². The van der Waals surface area contributed by atoms with E-state index < -0.39 is 28.4 Å². The number of hydrogen-bond donors (Lipinski definition) is 0. The van der Waals surface area contributed by atoms with Gasteiger partial charge in [0.1, 0.15) is 0 Å². The molecule has 1 aliphatic carbocycles. The van der Waals surface area contributed by atoms with Gasteiger partial charge in [-0.25, -0.2) is 4.21 Å². The molecular weight excluding hydrogens is 282 g/mol.